The zero-order valence-corrected chi connectivity index (χ0v) is 24.9. The average molecular weight is 574 g/mol. The minimum Gasteiger partial charge on any atom is -0.394 e. The summed E-state index contributed by atoms with van der Waals surface area (Å²) in [4.78, 5) is 48.3. The second-order valence-electron chi connectivity index (χ2n) is 12.1. The van der Waals surface area contributed by atoms with E-state index in [-0.39, 0.29) is 36.8 Å². The number of likely N-dealkylation sites (tertiary alicyclic amines) is 1. The van der Waals surface area contributed by atoms with E-state index < -0.39 is 35.6 Å². The van der Waals surface area contributed by atoms with Crippen molar-refractivity contribution >= 4 is 34.2 Å². The summed E-state index contributed by atoms with van der Waals surface area (Å²) in [5.74, 6) is -2.30. The molecule has 2 aromatic carbocycles. The van der Waals surface area contributed by atoms with E-state index in [9.17, 15) is 19.5 Å². The first kappa shape index (κ1) is 30.0. The van der Waals surface area contributed by atoms with Crippen molar-refractivity contribution in [2.45, 2.75) is 63.8 Å². The fourth-order valence-corrected chi connectivity index (χ4v) is 7.50. The number of rotatable bonds is 12. The van der Waals surface area contributed by atoms with Crippen molar-refractivity contribution in [3.05, 3.63) is 67.8 Å². The Kier molecular flexibility index (Phi) is 8.58. The van der Waals surface area contributed by atoms with Crippen LogP contribution in [0.3, 0.4) is 0 Å². The Balaban J connectivity index is 1.61. The van der Waals surface area contributed by atoms with E-state index in [4.69, 9.17) is 4.74 Å². The van der Waals surface area contributed by atoms with Crippen LogP contribution >= 0.6 is 0 Å². The highest BCUT2D eigenvalue weighted by molar-refractivity contribution is 6.06. The van der Waals surface area contributed by atoms with Gasteiger partial charge < -0.3 is 24.5 Å². The molecule has 2 aromatic rings. The van der Waals surface area contributed by atoms with Gasteiger partial charge in [0.1, 0.15) is 11.6 Å². The molecule has 3 heterocycles. The van der Waals surface area contributed by atoms with Crippen LogP contribution in [0.4, 0.5) is 5.69 Å². The van der Waals surface area contributed by atoms with Crippen LogP contribution in [0, 0.1) is 17.8 Å². The number of hydrogen-bond donors (Lipinski definition) is 1. The molecule has 1 spiro atoms. The SMILES string of the molecule is C=CCN(CCC)C(=O)[C@@H]1[C@@H]2CCC3(O2)C(C(=O)N(CC=C)c2ccc4ccccc4c2)N([C@@H](CO)C(C)C)C(=O)[C@H]13. The molecule has 0 radical (unpaired) electrons. The van der Waals surface area contributed by atoms with Gasteiger partial charge in [0.15, 0.2) is 0 Å². The third-order valence-corrected chi connectivity index (χ3v) is 9.35. The van der Waals surface area contributed by atoms with E-state index in [0.29, 0.717) is 31.6 Å². The topological polar surface area (TPSA) is 90.4 Å². The Labute approximate surface area is 248 Å². The number of nitrogens with zero attached hydrogens (tertiary/aromatic N) is 3. The van der Waals surface area contributed by atoms with Crippen molar-refractivity contribution in [1.29, 1.82) is 0 Å². The third kappa shape index (κ3) is 4.74. The van der Waals surface area contributed by atoms with Gasteiger partial charge in [-0.2, -0.15) is 0 Å². The Morgan fingerprint density at radius 3 is 2.48 bits per heavy atom. The van der Waals surface area contributed by atoms with E-state index in [2.05, 4.69) is 13.2 Å². The van der Waals surface area contributed by atoms with Crippen molar-refractivity contribution in [2.75, 3.05) is 31.1 Å². The van der Waals surface area contributed by atoms with Gasteiger partial charge in [-0.05, 0) is 48.1 Å². The molecule has 6 atom stereocenters. The summed E-state index contributed by atoms with van der Waals surface area (Å²) in [7, 11) is 0. The molecular formula is C34H43N3O5. The predicted molar refractivity (Wildman–Crippen MR) is 164 cm³/mol. The standard InChI is InChI=1S/C34H43N3O5/c1-6-17-35(18-7-2)31(39)28-27-15-16-34(42-27)29(28)32(40)37(26(21-38)22(4)5)30(34)33(41)36(19-8-3)25-14-13-23-11-9-10-12-24(23)20-25/h6,8-14,20,22,26-30,38H,1,3,7,15-19,21H2,2,4-5H3/t26-,27-,28+,29-,30?,34?/m0/s1. The Hall–Kier alpha value is -3.49. The first-order valence-electron chi connectivity index (χ1n) is 15.2. The molecule has 8 heteroatoms. The van der Waals surface area contributed by atoms with Crippen molar-refractivity contribution < 1.29 is 24.2 Å². The molecule has 42 heavy (non-hydrogen) atoms. The first-order chi connectivity index (χ1) is 20.2. The van der Waals surface area contributed by atoms with Gasteiger partial charge in [0.25, 0.3) is 5.91 Å². The first-order valence-corrected chi connectivity index (χ1v) is 15.2. The fourth-order valence-electron chi connectivity index (χ4n) is 7.50. The van der Waals surface area contributed by atoms with Crippen LogP contribution in [0.5, 0.6) is 0 Å². The molecule has 8 nitrogen and oxygen atoms in total. The number of ether oxygens (including phenoxy) is 1. The summed E-state index contributed by atoms with van der Waals surface area (Å²) in [6.45, 7) is 14.5. The highest BCUT2D eigenvalue weighted by Gasteiger charge is 2.75. The molecule has 3 aliphatic rings. The van der Waals surface area contributed by atoms with Gasteiger partial charge in [0.05, 0.1) is 30.6 Å². The number of carbonyl (C=O) groups is 3. The second kappa shape index (κ2) is 12.0. The van der Waals surface area contributed by atoms with E-state index in [1.165, 1.54) is 0 Å². The van der Waals surface area contributed by atoms with Gasteiger partial charge in [0, 0.05) is 25.3 Å². The third-order valence-electron chi connectivity index (χ3n) is 9.35. The maximum atomic E-state index is 14.8. The van der Waals surface area contributed by atoms with Gasteiger partial charge >= 0.3 is 0 Å². The highest BCUT2D eigenvalue weighted by Crippen LogP contribution is 2.59. The van der Waals surface area contributed by atoms with Gasteiger partial charge in [-0.15, -0.1) is 13.2 Å². The monoisotopic (exact) mass is 573 g/mol. The molecule has 1 N–H and O–H groups in total. The molecule has 2 unspecified atom stereocenters. The molecule has 0 saturated carbocycles. The molecular weight excluding hydrogens is 530 g/mol. The molecule has 0 aromatic heterocycles. The Bertz CT molecular complexity index is 1370. The van der Waals surface area contributed by atoms with E-state index in [1.54, 1.807) is 26.9 Å². The lowest BCUT2D eigenvalue weighted by molar-refractivity contribution is -0.148. The predicted octanol–water partition coefficient (Wildman–Crippen LogP) is 4.17. The van der Waals surface area contributed by atoms with Crippen molar-refractivity contribution in [3.8, 4) is 0 Å². The molecule has 3 aliphatic heterocycles. The lowest BCUT2D eigenvalue weighted by atomic mass is 9.70. The summed E-state index contributed by atoms with van der Waals surface area (Å²) in [6.07, 6.45) is 4.80. The van der Waals surface area contributed by atoms with E-state index >= 15 is 0 Å². The summed E-state index contributed by atoms with van der Waals surface area (Å²) in [5, 5.41) is 12.6. The normalized spacial score (nSPS) is 26.9. The molecule has 2 bridgehead atoms. The van der Waals surface area contributed by atoms with Crippen LogP contribution in [0.2, 0.25) is 0 Å². The largest absolute Gasteiger partial charge is 0.394 e. The maximum absolute atomic E-state index is 14.8. The molecule has 3 saturated heterocycles. The number of aliphatic hydroxyl groups is 1. The van der Waals surface area contributed by atoms with Gasteiger partial charge in [-0.3, -0.25) is 14.4 Å². The van der Waals surface area contributed by atoms with Crippen molar-refractivity contribution in [1.82, 2.24) is 9.80 Å². The van der Waals surface area contributed by atoms with Crippen molar-refractivity contribution in [3.63, 3.8) is 0 Å². The zero-order chi connectivity index (χ0) is 30.2. The summed E-state index contributed by atoms with van der Waals surface area (Å²) < 4.78 is 6.68. The van der Waals surface area contributed by atoms with Crippen molar-refractivity contribution in [2.24, 2.45) is 17.8 Å². The summed E-state index contributed by atoms with van der Waals surface area (Å²) in [5.41, 5.74) is -0.458. The number of fused-ring (bicyclic) bond motifs is 2. The van der Waals surface area contributed by atoms with Crippen LogP contribution in [0.1, 0.15) is 40.0 Å². The number of aliphatic hydroxyl groups excluding tert-OH is 1. The molecule has 3 amide bonds. The maximum Gasteiger partial charge on any atom is 0.253 e. The van der Waals surface area contributed by atoms with Crippen LogP contribution in [-0.4, -0.2) is 82.7 Å². The van der Waals surface area contributed by atoms with Crippen LogP contribution in [0.15, 0.2) is 67.8 Å². The Morgan fingerprint density at radius 2 is 1.83 bits per heavy atom. The van der Waals surface area contributed by atoms with Gasteiger partial charge in [-0.25, -0.2) is 0 Å². The van der Waals surface area contributed by atoms with Gasteiger partial charge in [0.2, 0.25) is 11.8 Å². The number of carbonyl (C=O) groups excluding carboxylic acids is 3. The minimum absolute atomic E-state index is 0.123. The molecule has 224 valence electrons. The average Bonchev–Trinajstić information content (AvgIpc) is 3.63. The molecule has 5 rings (SSSR count). The number of amides is 3. The number of anilines is 1. The van der Waals surface area contributed by atoms with Crippen LogP contribution < -0.4 is 4.90 Å². The Morgan fingerprint density at radius 1 is 1.12 bits per heavy atom. The van der Waals surface area contributed by atoms with Gasteiger partial charge in [-0.1, -0.05) is 63.3 Å². The molecule has 3 fully saturated rings. The van der Waals surface area contributed by atoms with E-state index in [0.717, 1.165) is 17.2 Å². The lowest BCUT2D eigenvalue weighted by Gasteiger charge is -2.40. The quantitative estimate of drug-likeness (QED) is 0.385. The van der Waals surface area contributed by atoms with Crippen LogP contribution in [-0.2, 0) is 19.1 Å². The highest BCUT2D eigenvalue weighted by atomic mass is 16.5. The smallest absolute Gasteiger partial charge is 0.253 e. The number of hydrogen-bond acceptors (Lipinski definition) is 5. The summed E-state index contributed by atoms with van der Waals surface area (Å²) >= 11 is 0. The van der Waals surface area contributed by atoms with Crippen LogP contribution in [0.25, 0.3) is 10.8 Å². The number of benzene rings is 2. The fraction of sp³-hybridized carbons (Fsp3) is 0.500. The zero-order valence-electron chi connectivity index (χ0n) is 24.9. The summed E-state index contributed by atoms with van der Waals surface area (Å²) in [6, 6.07) is 12.2. The second-order valence-corrected chi connectivity index (χ2v) is 12.1. The van der Waals surface area contributed by atoms with E-state index in [1.807, 2.05) is 63.2 Å². The lowest BCUT2D eigenvalue weighted by Crippen LogP contribution is -2.59. The molecule has 0 aliphatic carbocycles. The minimum atomic E-state index is -1.15.